The molecule has 0 spiro atoms. The predicted molar refractivity (Wildman–Crippen MR) is 55.8 cm³/mol. The molecule has 1 fully saturated rings. The third-order valence-corrected chi connectivity index (χ3v) is 2.65. The van der Waals surface area contributed by atoms with Gasteiger partial charge in [-0.25, -0.2) is 4.79 Å². The van der Waals surface area contributed by atoms with Crippen molar-refractivity contribution in [3.05, 3.63) is 0 Å². The molecular weight excluding hydrogens is 220 g/mol. The summed E-state index contributed by atoms with van der Waals surface area (Å²) in [7, 11) is 0. The Hall–Kier alpha value is -0.810. The van der Waals surface area contributed by atoms with Crippen molar-refractivity contribution in [2.24, 2.45) is 5.92 Å². The number of rotatable bonds is 3. The molecule has 1 rings (SSSR count). The van der Waals surface area contributed by atoms with Crippen molar-refractivity contribution >= 4 is 23.5 Å². The first kappa shape index (κ1) is 12.3. The zero-order valence-corrected chi connectivity index (χ0v) is 9.34. The SMILES string of the molecule is CC(NC(=O)NC(=O)CCl)C1CCOC1. The van der Waals surface area contributed by atoms with Crippen LogP contribution in [0.15, 0.2) is 0 Å². The molecule has 1 heterocycles. The highest BCUT2D eigenvalue weighted by molar-refractivity contribution is 6.28. The Kier molecular flexibility index (Phi) is 4.84. The molecule has 1 saturated heterocycles. The summed E-state index contributed by atoms with van der Waals surface area (Å²) in [6.07, 6.45) is 0.935. The molecule has 0 radical (unpaired) electrons. The summed E-state index contributed by atoms with van der Waals surface area (Å²) in [6, 6.07) is -0.504. The molecule has 2 unspecified atom stereocenters. The fourth-order valence-corrected chi connectivity index (χ4v) is 1.53. The number of ether oxygens (including phenoxy) is 1. The summed E-state index contributed by atoms with van der Waals surface area (Å²) >= 11 is 5.25. The van der Waals surface area contributed by atoms with Crippen LogP contribution in [0.1, 0.15) is 13.3 Å². The van der Waals surface area contributed by atoms with E-state index in [4.69, 9.17) is 16.3 Å². The molecule has 3 amide bonds. The number of hydrogen-bond donors (Lipinski definition) is 2. The maximum atomic E-state index is 11.2. The Balaban J connectivity index is 2.27. The van der Waals surface area contributed by atoms with Gasteiger partial charge in [0.05, 0.1) is 6.61 Å². The van der Waals surface area contributed by atoms with Crippen molar-refractivity contribution < 1.29 is 14.3 Å². The number of hydrogen-bond acceptors (Lipinski definition) is 3. The summed E-state index contributed by atoms with van der Waals surface area (Å²) in [6.45, 7) is 3.29. The lowest BCUT2D eigenvalue weighted by Crippen LogP contribution is -2.46. The lowest BCUT2D eigenvalue weighted by Gasteiger charge is -2.18. The van der Waals surface area contributed by atoms with Gasteiger partial charge in [0, 0.05) is 18.6 Å². The van der Waals surface area contributed by atoms with Gasteiger partial charge in [-0.1, -0.05) is 0 Å². The van der Waals surface area contributed by atoms with Gasteiger partial charge in [0.1, 0.15) is 5.88 Å². The molecule has 0 saturated carbocycles. The van der Waals surface area contributed by atoms with Gasteiger partial charge < -0.3 is 10.1 Å². The van der Waals surface area contributed by atoms with Crippen molar-refractivity contribution in [3.8, 4) is 0 Å². The van der Waals surface area contributed by atoms with Crippen LogP contribution in [0.2, 0.25) is 0 Å². The van der Waals surface area contributed by atoms with Gasteiger partial charge in [0.25, 0.3) is 0 Å². The van der Waals surface area contributed by atoms with Crippen molar-refractivity contribution in [1.29, 1.82) is 0 Å². The molecule has 0 bridgehead atoms. The van der Waals surface area contributed by atoms with E-state index < -0.39 is 11.9 Å². The van der Waals surface area contributed by atoms with E-state index in [1.165, 1.54) is 0 Å². The fraction of sp³-hybridized carbons (Fsp3) is 0.778. The Morgan fingerprint density at radius 2 is 2.33 bits per heavy atom. The third kappa shape index (κ3) is 4.05. The second kappa shape index (κ2) is 5.92. The lowest BCUT2D eigenvalue weighted by molar-refractivity contribution is -0.117. The van der Waals surface area contributed by atoms with E-state index >= 15 is 0 Å². The van der Waals surface area contributed by atoms with Gasteiger partial charge >= 0.3 is 6.03 Å². The van der Waals surface area contributed by atoms with Crippen LogP contribution < -0.4 is 10.6 Å². The van der Waals surface area contributed by atoms with Gasteiger partial charge in [-0.3, -0.25) is 10.1 Å². The van der Waals surface area contributed by atoms with Gasteiger partial charge in [-0.05, 0) is 13.3 Å². The van der Waals surface area contributed by atoms with Crippen LogP contribution >= 0.6 is 11.6 Å². The number of nitrogens with one attached hydrogen (secondary N) is 2. The van der Waals surface area contributed by atoms with E-state index in [1.807, 2.05) is 6.92 Å². The first-order chi connectivity index (χ1) is 7.13. The zero-order valence-electron chi connectivity index (χ0n) is 8.59. The van der Waals surface area contributed by atoms with E-state index in [-0.39, 0.29) is 11.9 Å². The number of imide groups is 1. The monoisotopic (exact) mass is 234 g/mol. The molecule has 0 aromatic carbocycles. The Morgan fingerprint density at radius 3 is 2.87 bits per heavy atom. The normalized spacial score (nSPS) is 22.1. The zero-order chi connectivity index (χ0) is 11.3. The lowest BCUT2D eigenvalue weighted by atomic mass is 10.0. The molecule has 86 valence electrons. The van der Waals surface area contributed by atoms with Crippen molar-refractivity contribution in [2.75, 3.05) is 19.1 Å². The Bertz CT molecular complexity index is 242. The van der Waals surface area contributed by atoms with Gasteiger partial charge in [-0.2, -0.15) is 0 Å². The maximum absolute atomic E-state index is 11.2. The summed E-state index contributed by atoms with van der Waals surface area (Å²) < 4.78 is 5.20. The van der Waals surface area contributed by atoms with Crippen LogP contribution in [-0.4, -0.2) is 37.1 Å². The molecule has 1 aliphatic heterocycles. The predicted octanol–water partition coefficient (Wildman–Crippen LogP) is 0.476. The molecule has 2 atom stereocenters. The number of carbonyl (C=O) groups excluding carboxylic acids is 2. The topological polar surface area (TPSA) is 67.4 Å². The van der Waals surface area contributed by atoms with Crippen LogP contribution in [-0.2, 0) is 9.53 Å². The van der Waals surface area contributed by atoms with Crippen LogP contribution in [0.3, 0.4) is 0 Å². The number of carbonyl (C=O) groups is 2. The van der Waals surface area contributed by atoms with Crippen molar-refractivity contribution in [3.63, 3.8) is 0 Å². The van der Waals surface area contributed by atoms with E-state index in [0.717, 1.165) is 13.0 Å². The number of urea groups is 1. The molecule has 6 heteroatoms. The molecule has 0 aromatic heterocycles. The van der Waals surface area contributed by atoms with Gasteiger partial charge in [0.2, 0.25) is 5.91 Å². The minimum atomic E-state index is -0.500. The number of amides is 3. The largest absolute Gasteiger partial charge is 0.381 e. The molecule has 15 heavy (non-hydrogen) atoms. The molecule has 1 aliphatic rings. The maximum Gasteiger partial charge on any atom is 0.321 e. The third-order valence-electron chi connectivity index (χ3n) is 2.41. The highest BCUT2D eigenvalue weighted by Crippen LogP contribution is 2.15. The van der Waals surface area contributed by atoms with Crippen LogP contribution in [0, 0.1) is 5.92 Å². The average molecular weight is 235 g/mol. The molecule has 2 N–H and O–H groups in total. The number of halogens is 1. The van der Waals surface area contributed by atoms with Crippen LogP contribution in [0.25, 0.3) is 0 Å². The Labute approximate surface area is 93.5 Å². The van der Waals surface area contributed by atoms with Crippen LogP contribution in [0.5, 0.6) is 0 Å². The van der Waals surface area contributed by atoms with Crippen LogP contribution in [0.4, 0.5) is 4.79 Å². The summed E-state index contributed by atoms with van der Waals surface area (Å²) in [5.41, 5.74) is 0. The summed E-state index contributed by atoms with van der Waals surface area (Å²) in [4.78, 5) is 22.0. The molecule has 0 aliphatic carbocycles. The van der Waals surface area contributed by atoms with E-state index in [0.29, 0.717) is 12.5 Å². The smallest absolute Gasteiger partial charge is 0.321 e. The molecule has 0 aromatic rings. The highest BCUT2D eigenvalue weighted by Gasteiger charge is 2.23. The standard InChI is InChI=1S/C9H15ClN2O3/c1-6(7-2-3-15-5-7)11-9(14)12-8(13)4-10/h6-7H,2-5H2,1H3,(H2,11,12,13,14). The number of alkyl halides is 1. The highest BCUT2D eigenvalue weighted by atomic mass is 35.5. The molecular formula is C9H15ClN2O3. The van der Waals surface area contributed by atoms with E-state index in [2.05, 4.69) is 10.6 Å². The Morgan fingerprint density at radius 1 is 1.60 bits per heavy atom. The quantitative estimate of drug-likeness (QED) is 0.698. The second-order valence-electron chi connectivity index (χ2n) is 3.57. The molecule has 5 nitrogen and oxygen atoms in total. The fourth-order valence-electron chi connectivity index (χ4n) is 1.47. The first-order valence-electron chi connectivity index (χ1n) is 4.87. The average Bonchev–Trinajstić information content (AvgIpc) is 2.70. The summed E-state index contributed by atoms with van der Waals surface area (Å²) in [5.74, 6) is -0.389. The minimum absolute atomic E-state index is 0.00405. The van der Waals surface area contributed by atoms with Crippen molar-refractivity contribution in [2.45, 2.75) is 19.4 Å². The second-order valence-corrected chi connectivity index (χ2v) is 3.83. The van der Waals surface area contributed by atoms with Gasteiger partial charge in [-0.15, -0.1) is 11.6 Å². The van der Waals surface area contributed by atoms with Crippen molar-refractivity contribution in [1.82, 2.24) is 10.6 Å². The van der Waals surface area contributed by atoms with Gasteiger partial charge in [0.15, 0.2) is 0 Å². The van der Waals surface area contributed by atoms with E-state index in [1.54, 1.807) is 0 Å². The minimum Gasteiger partial charge on any atom is -0.381 e. The summed E-state index contributed by atoms with van der Waals surface area (Å²) in [5, 5.41) is 4.80. The first-order valence-corrected chi connectivity index (χ1v) is 5.41. The van der Waals surface area contributed by atoms with E-state index in [9.17, 15) is 9.59 Å².